The van der Waals surface area contributed by atoms with Crippen molar-refractivity contribution in [2.24, 2.45) is 5.92 Å². The van der Waals surface area contributed by atoms with Gasteiger partial charge in [-0.25, -0.2) is 0 Å². The van der Waals surface area contributed by atoms with Gasteiger partial charge in [-0.05, 0) is 37.1 Å². The lowest BCUT2D eigenvalue weighted by atomic mass is 9.96. The predicted molar refractivity (Wildman–Crippen MR) is 83.2 cm³/mol. The van der Waals surface area contributed by atoms with Crippen molar-refractivity contribution in [2.45, 2.75) is 19.4 Å². The Balaban J connectivity index is 1.99. The highest BCUT2D eigenvalue weighted by Gasteiger charge is 2.26. The first-order valence-electron chi connectivity index (χ1n) is 6.85. The van der Waals surface area contributed by atoms with Gasteiger partial charge in [0.1, 0.15) is 0 Å². The fraction of sp³-hybridized carbons (Fsp3) is 0.533. The minimum absolute atomic E-state index is 0.113. The molecule has 2 rings (SSSR count). The summed E-state index contributed by atoms with van der Waals surface area (Å²) in [5, 5.41) is 1.16. The predicted octanol–water partition coefficient (Wildman–Crippen LogP) is 3.29. The van der Waals surface area contributed by atoms with Crippen LogP contribution in [0.15, 0.2) is 18.2 Å². The van der Waals surface area contributed by atoms with Gasteiger partial charge >= 0.3 is 0 Å². The van der Waals surface area contributed by atoms with E-state index in [2.05, 4.69) is 4.90 Å². The summed E-state index contributed by atoms with van der Waals surface area (Å²) in [4.78, 5) is 16.1. The van der Waals surface area contributed by atoms with Crippen molar-refractivity contribution in [1.29, 1.82) is 0 Å². The van der Waals surface area contributed by atoms with Gasteiger partial charge in [0.15, 0.2) is 0 Å². The molecule has 1 aliphatic rings. The average molecular weight is 315 g/mol. The van der Waals surface area contributed by atoms with E-state index < -0.39 is 0 Å². The maximum absolute atomic E-state index is 12.1. The van der Waals surface area contributed by atoms with Crippen LogP contribution in [0, 0.1) is 5.92 Å². The molecular weight excluding hydrogens is 295 g/mol. The summed E-state index contributed by atoms with van der Waals surface area (Å²) in [6, 6.07) is 5.72. The number of carbonyl (C=O) groups is 1. The van der Waals surface area contributed by atoms with Gasteiger partial charge in [-0.1, -0.05) is 29.3 Å². The summed E-state index contributed by atoms with van der Waals surface area (Å²) in [7, 11) is 3.64. The highest BCUT2D eigenvalue weighted by atomic mass is 35.5. The number of piperidine rings is 1. The third-order valence-electron chi connectivity index (χ3n) is 3.69. The highest BCUT2D eigenvalue weighted by Crippen LogP contribution is 2.25. The van der Waals surface area contributed by atoms with Gasteiger partial charge in [-0.2, -0.15) is 0 Å². The molecule has 1 heterocycles. The number of hydrogen-bond donors (Lipinski definition) is 0. The first-order valence-corrected chi connectivity index (χ1v) is 7.60. The maximum Gasteiger partial charge on any atom is 0.226 e. The van der Waals surface area contributed by atoms with E-state index in [0.717, 1.165) is 38.0 Å². The lowest BCUT2D eigenvalue weighted by molar-refractivity contribution is -0.134. The third-order valence-corrected chi connectivity index (χ3v) is 4.42. The van der Waals surface area contributed by atoms with Crippen molar-refractivity contribution in [3.05, 3.63) is 33.8 Å². The van der Waals surface area contributed by atoms with Gasteiger partial charge in [-0.15, -0.1) is 0 Å². The Kier molecular flexibility index (Phi) is 5.30. The van der Waals surface area contributed by atoms with E-state index in [-0.39, 0.29) is 11.8 Å². The number of halogens is 2. The van der Waals surface area contributed by atoms with Gasteiger partial charge < -0.3 is 4.90 Å². The van der Waals surface area contributed by atoms with E-state index in [9.17, 15) is 4.79 Å². The molecule has 0 bridgehead atoms. The van der Waals surface area contributed by atoms with Gasteiger partial charge in [0.2, 0.25) is 5.91 Å². The number of rotatable bonds is 3. The first kappa shape index (κ1) is 15.6. The van der Waals surface area contributed by atoms with Gasteiger partial charge in [0.25, 0.3) is 0 Å². The minimum Gasteiger partial charge on any atom is -0.349 e. The van der Waals surface area contributed by atoms with Crippen molar-refractivity contribution >= 4 is 29.1 Å². The Hall–Kier alpha value is -0.770. The third kappa shape index (κ3) is 3.87. The van der Waals surface area contributed by atoms with Crippen LogP contribution in [0.25, 0.3) is 0 Å². The molecule has 3 nitrogen and oxygen atoms in total. The van der Waals surface area contributed by atoms with Crippen LogP contribution in [0.2, 0.25) is 10.0 Å². The van der Waals surface area contributed by atoms with Gasteiger partial charge in [0.05, 0.1) is 16.0 Å². The van der Waals surface area contributed by atoms with Crippen LogP contribution >= 0.6 is 23.2 Å². The summed E-state index contributed by atoms with van der Waals surface area (Å²) < 4.78 is 0. The number of benzene rings is 1. The summed E-state index contributed by atoms with van der Waals surface area (Å²) in [5.41, 5.74) is 1.14. The summed E-state index contributed by atoms with van der Waals surface area (Å²) in [6.07, 6.45) is 2.04. The number of nitrogens with zero attached hydrogens (tertiary/aromatic N) is 2. The molecule has 1 unspecified atom stereocenters. The van der Waals surface area contributed by atoms with Crippen molar-refractivity contribution in [3.63, 3.8) is 0 Å². The molecule has 1 aromatic rings. The molecule has 5 heteroatoms. The van der Waals surface area contributed by atoms with Crippen LogP contribution in [0.4, 0.5) is 0 Å². The van der Waals surface area contributed by atoms with E-state index >= 15 is 0 Å². The zero-order valence-electron chi connectivity index (χ0n) is 11.9. The van der Waals surface area contributed by atoms with E-state index in [1.807, 2.05) is 32.3 Å². The quantitative estimate of drug-likeness (QED) is 0.854. The van der Waals surface area contributed by atoms with Crippen LogP contribution in [-0.2, 0) is 11.3 Å². The number of carbonyl (C=O) groups excluding carboxylic acids is 1. The molecule has 0 aliphatic carbocycles. The Morgan fingerprint density at radius 2 is 2.10 bits per heavy atom. The van der Waals surface area contributed by atoms with Crippen molar-refractivity contribution in [2.75, 3.05) is 27.2 Å². The fourth-order valence-electron chi connectivity index (χ4n) is 2.66. The standard InChI is InChI=1S/C15H20Cl2N2O/c1-18(2)15(20)12-4-3-7-19(10-12)9-11-5-6-13(16)14(17)8-11/h5-6,8,12H,3-4,7,9-10H2,1-2H3. The molecule has 0 radical (unpaired) electrons. The Morgan fingerprint density at radius 1 is 1.35 bits per heavy atom. The molecule has 110 valence electrons. The van der Waals surface area contributed by atoms with E-state index in [1.165, 1.54) is 0 Å². The largest absolute Gasteiger partial charge is 0.349 e. The van der Waals surface area contributed by atoms with Gasteiger partial charge in [-0.3, -0.25) is 9.69 Å². The molecule has 20 heavy (non-hydrogen) atoms. The molecule has 0 aromatic heterocycles. The molecule has 0 N–H and O–H groups in total. The molecular formula is C15H20Cl2N2O. The first-order chi connectivity index (χ1) is 9.47. The Bertz CT molecular complexity index is 491. The fourth-order valence-corrected chi connectivity index (χ4v) is 2.98. The average Bonchev–Trinajstić information content (AvgIpc) is 2.42. The Morgan fingerprint density at radius 3 is 2.75 bits per heavy atom. The SMILES string of the molecule is CN(C)C(=O)C1CCCN(Cc2ccc(Cl)c(Cl)c2)C1. The second kappa shape index (κ2) is 6.79. The summed E-state index contributed by atoms with van der Waals surface area (Å²) in [5.74, 6) is 0.338. The zero-order chi connectivity index (χ0) is 14.7. The van der Waals surface area contributed by atoms with E-state index in [0.29, 0.717) is 10.0 Å². The monoisotopic (exact) mass is 314 g/mol. The van der Waals surface area contributed by atoms with Crippen LogP contribution < -0.4 is 0 Å². The normalized spacial score (nSPS) is 19.9. The molecule has 0 spiro atoms. The van der Waals surface area contributed by atoms with E-state index in [1.54, 1.807) is 4.90 Å². The smallest absolute Gasteiger partial charge is 0.226 e. The lowest BCUT2D eigenvalue weighted by Crippen LogP contribution is -2.42. The lowest BCUT2D eigenvalue weighted by Gasteiger charge is -2.33. The number of amides is 1. The van der Waals surface area contributed by atoms with Crippen LogP contribution in [0.1, 0.15) is 18.4 Å². The number of likely N-dealkylation sites (tertiary alicyclic amines) is 1. The second-order valence-electron chi connectivity index (χ2n) is 5.56. The highest BCUT2D eigenvalue weighted by molar-refractivity contribution is 6.42. The number of hydrogen-bond acceptors (Lipinski definition) is 2. The maximum atomic E-state index is 12.1. The second-order valence-corrected chi connectivity index (χ2v) is 6.37. The molecule has 0 saturated carbocycles. The molecule has 1 amide bonds. The summed E-state index contributed by atoms with van der Waals surface area (Å²) >= 11 is 12.0. The van der Waals surface area contributed by atoms with Crippen molar-refractivity contribution < 1.29 is 4.79 Å². The summed E-state index contributed by atoms with van der Waals surface area (Å²) in [6.45, 7) is 2.66. The molecule has 1 aromatic carbocycles. The van der Waals surface area contributed by atoms with Crippen LogP contribution in [0.3, 0.4) is 0 Å². The molecule has 1 fully saturated rings. The van der Waals surface area contributed by atoms with Gasteiger partial charge in [0, 0.05) is 27.2 Å². The van der Waals surface area contributed by atoms with Crippen molar-refractivity contribution in [3.8, 4) is 0 Å². The molecule has 1 atom stereocenters. The zero-order valence-corrected chi connectivity index (χ0v) is 13.4. The Labute approximate surface area is 130 Å². The molecule has 1 saturated heterocycles. The van der Waals surface area contributed by atoms with Crippen molar-refractivity contribution in [1.82, 2.24) is 9.80 Å². The topological polar surface area (TPSA) is 23.6 Å². The molecule has 1 aliphatic heterocycles. The van der Waals surface area contributed by atoms with E-state index in [4.69, 9.17) is 23.2 Å². The van der Waals surface area contributed by atoms with Crippen LogP contribution in [-0.4, -0.2) is 42.9 Å². The van der Waals surface area contributed by atoms with Crippen LogP contribution in [0.5, 0.6) is 0 Å². The minimum atomic E-state index is 0.113.